The summed E-state index contributed by atoms with van der Waals surface area (Å²) in [6, 6.07) is 2.71. The number of carbonyl (C=O) groups is 2. The van der Waals surface area contributed by atoms with Gasteiger partial charge in [0, 0.05) is 15.0 Å². The highest BCUT2D eigenvalue weighted by Gasteiger charge is 2.17. The van der Waals surface area contributed by atoms with E-state index in [4.69, 9.17) is 0 Å². The van der Waals surface area contributed by atoms with Crippen molar-refractivity contribution >= 4 is 49.5 Å². The van der Waals surface area contributed by atoms with Crippen LogP contribution in [0.3, 0.4) is 0 Å². The molecule has 1 unspecified atom stereocenters. The molecule has 1 atom stereocenters. The number of halogens is 2. The lowest BCUT2D eigenvalue weighted by atomic mass is 10.1. The third kappa shape index (κ3) is 5.67. The molecule has 1 aromatic carbocycles. The lowest BCUT2D eigenvalue weighted by Crippen LogP contribution is -2.37. The van der Waals surface area contributed by atoms with Gasteiger partial charge in [0.2, 0.25) is 0 Å². The third-order valence-corrected chi connectivity index (χ3v) is 3.81. The minimum atomic E-state index is -1.11. The van der Waals surface area contributed by atoms with Crippen LogP contribution in [0.4, 0.5) is 10.5 Å². The zero-order chi connectivity index (χ0) is 16.2. The molecule has 1 aromatic rings. The van der Waals surface area contributed by atoms with Crippen molar-refractivity contribution in [2.75, 3.05) is 5.32 Å². The summed E-state index contributed by atoms with van der Waals surface area (Å²) in [6.45, 7) is 6.06. The normalized spacial score (nSPS) is 12.1. The molecule has 0 aromatic heterocycles. The zero-order valence-electron chi connectivity index (χ0n) is 12.0. The van der Waals surface area contributed by atoms with Gasteiger partial charge in [0.05, 0.1) is 11.3 Å². The highest BCUT2D eigenvalue weighted by molar-refractivity contribution is 9.11. The van der Waals surface area contributed by atoms with E-state index in [-0.39, 0.29) is 17.3 Å². The van der Waals surface area contributed by atoms with Gasteiger partial charge in [-0.05, 0) is 47.3 Å². The number of amides is 2. The Hall–Kier alpha value is -1.08. The van der Waals surface area contributed by atoms with E-state index in [2.05, 4.69) is 56.3 Å². The van der Waals surface area contributed by atoms with Gasteiger partial charge in [-0.3, -0.25) is 0 Å². The zero-order valence-corrected chi connectivity index (χ0v) is 15.2. The second kappa shape index (κ2) is 7.79. The minimum Gasteiger partial charge on any atom is -0.478 e. The molecule has 0 fully saturated rings. The van der Waals surface area contributed by atoms with Gasteiger partial charge in [0.25, 0.3) is 0 Å². The van der Waals surface area contributed by atoms with Crippen molar-refractivity contribution in [3.63, 3.8) is 0 Å². The summed E-state index contributed by atoms with van der Waals surface area (Å²) in [5.74, 6) is -0.642. The number of hydrogen-bond acceptors (Lipinski definition) is 2. The Morgan fingerprint density at radius 2 is 1.86 bits per heavy atom. The standard InChI is InChI=1S/C14H18Br2N2O3/c1-7(2)4-8(3)17-14(21)18-12-10(13(19)20)5-9(15)6-11(12)16/h5-8H,4H2,1-3H3,(H,19,20)(H2,17,18,21). The van der Waals surface area contributed by atoms with Crippen LogP contribution >= 0.6 is 31.9 Å². The summed E-state index contributed by atoms with van der Waals surface area (Å²) in [6.07, 6.45) is 0.848. The summed E-state index contributed by atoms with van der Waals surface area (Å²) in [4.78, 5) is 23.2. The van der Waals surface area contributed by atoms with Crippen LogP contribution in [0.1, 0.15) is 37.6 Å². The molecule has 0 saturated carbocycles. The summed E-state index contributed by atoms with van der Waals surface area (Å²) in [7, 11) is 0. The lowest BCUT2D eigenvalue weighted by Gasteiger charge is -2.17. The van der Waals surface area contributed by atoms with Crippen LogP contribution in [0.25, 0.3) is 0 Å². The SMILES string of the molecule is CC(C)CC(C)NC(=O)Nc1c(Br)cc(Br)cc1C(=O)O. The molecule has 7 heteroatoms. The van der Waals surface area contributed by atoms with E-state index in [1.807, 2.05) is 6.92 Å². The molecule has 116 valence electrons. The molecule has 1 rings (SSSR count). The van der Waals surface area contributed by atoms with Crippen LogP contribution in [-0.2, 0) is 0 Å². The van der Waals surface area contributed by atoms with Crippen LogP contribution in [-0.4, -0.2) is 23.1 Å². The topological polar surface area (TPSA) is 78.4 Å². The van der Waals surface area contributed by atoms with E-state index in [9.17, 15) is 14.7 Å². The van der Waals surface area contributed by atoms with E-state index in [0.717, 1.165) is 6.42 Å². The van der Waals surface area contributed by atoms with Gasteiger partial charge in [-0.25, -0.2) is 9.59 Å². The van der Waals surface area contributed by atoms with E-state index < -0.39 is 12.0 Å². The van der Waals surface area contributed by atoms with Gasteiger partial charge in [0.1, 0.15) is 0 Å². The number of benzene rings is 1. The fourth-order valence-electron chi connectivity index (χ4n) is 2.01. The molecule has 3 N–H and O–H groups in total. The fraction of sp³-hybridized carbons (Fsp3) is 0.429. The summed E-state index contributed by atoms with van der Waals surface area (Å²) < 4.78 is 1.12. The Morgan fingerprint density at radius 1 is 1.24 bits per heavy atom. The minimum absolute atomic E-state index is 0.00695. The van der Waals surface area contributed by atoms with Crippen LogP contribution in [0.15, 0.2) is 21.1 Å². The molecule has 5 nitrogen and oxygen atoms in total. The Kier molecular flexibility index (Phi) is 6.67. The molecule has 0 saturated heterocycles. The first-order valence-electron chi connectivity index (χ1n) is 6.50. The van der Waals surface area contributed by atoms with Crippen molar-refractivity contribution in [3.8, 4) is 0 Å². The lowest BCUT2D eigenvalue weighted by molar-refractivity contribution is 0.0698. The molecular formula is C14H18Br2N2O3. The molecule has 2 amide bonds. The van der Waals surface area contributed by atoms with Crippen molar-refractivity contribution < 1.29 is 14.7 Å². The van der Waals surface area contributed by atoms with Gasteiger partial charge in [-0.2, -0.15) is 0 Å². The Labute approximate surface area is 140 Å². The maximum atomic E-state index is 12.0. The number of aromatic carboxylic acids is 1. The second-order valence-corrected chi connectivity index (χ2v) is 7.01. The van der Waals surface area contributed by atoms with Crippen molar-refractivity contribution in [1.82, 2.24) is 5.32 Å². The molecule has 21 heavy (non-hydrogen) atoms. The van der Waals surface area contributed by atoms with E-state index in [1.54, 1.807) is 6.07 Å². The number of anilines is 1. The first-order chi connectivity index (χ1) is 9.70. The Balaban J connectivity index is 2.87. The van der Waals surface area contributed by atoms with Crippen molar-refractivity contribution in [2.24, 2.45) is 5.92 Å². The van der Waals surface area contributed by atoms with E-state index >= 15 is 0 Å². The molecule has 0 aliphatic heterocycles. The number of carbonyl (C=O) groups excluding carboxylic acids is 1. The molecular weight excluding hydrogens is 404 g/mol. The predicted molar refractivity (Wildman–Crippen MR) is 89.9 cm³/mol. The van der Waals surface area contributed by atoms with Gasteiger partial charge >= 0.3 is 12.0 Å². The van der Waals surface area contributed by atoms with Gasteiger partial charge in [-0.15, -0.1) is 0 Å². The number of carboxylic acids is 1. The second-order valence-electron chi connectivity index (χ2n) is 5.24. The van der Waals surface area contributed by atoms with E-state index in [1.165, 1.54) is 6.07 Å². The quantitative estimate of drug-likeness (QED) is 0.656. The van der Waals surface area contributed by atoms with Gasteiger partial charge in [0.15, 0.2) is 0 Å². The first kappa shape index (κ1) is 18.0. The number of urea groups is 1. The summed E-state index contributed by atoms with van der Waals surface area (Å²) in [5, 5.41) is 14.6. The largest absolute Gasteiger partial charge is 0.478 e. The molecule has 0 aliphatic carbocycles. The average Bonchev–Trinajstić information content (AvgIpc) is 2.30. The highest BCUT2D eigenvalue weighted by atomic mass is 79.9. The maximum absolute atomic E-state index is 12.0. The Morgan fingerprint density at radius 3 is 2.38 bits per heavy atom. The van der Waals surface area contributed by atoms with Crippen molar-refractivity contribution in [1.29, 1.82) is 0 Å². The molecule has 0 heterocycles. The van der Waals surface area contributed by atoms with Crippen molar-refractivity contribution in [2.45, 2.75) is 33.2 Å². The molecule has 0 aliphatic rings. The monoisotopic (exact) mass is 420 g/mol. The predicted octanol–water partition coefficient (Wildman–Crippen LogP) is 4.47. The van der Waals surface area contributed by atoms with Crippen LogP contribution in [0.2, 0.25) is 0 Å². The summed E-state index contributed by atoms with van der Waals surface area (Å²) in [5.41, 5.74) is 0.253. The van der Waals surface area contributed by atoms with Crippen LogP contribution in [0, 0.1) is 5.92 Å². The smallest absolute Gasteiger partial charge is 0.337 e. The fourth-order valence-corrected chi connectivity index (χ4v) is 3.33. The average molecular weight is 422 g/mol. The number of nitrogens with one attached hydrogen (secondary N) is 2. The first-order valence-corrected chi connectivity index (χ1v) is 8.09. The number of carboxylic acid groups (broad SMARTS) is 1. The number of hydrogen-bond donors (Lipinski definition) is 3. The van der Waals surface area contributed by atoms with Crippen LogP contribution in [0.5, 0.6) is 0 Å². The maximum Gasteiger partial charge on any atom is 0.337 e. The van der Waals surface area contributed by atoms with Crippen molar-refractivity contribution in [3.05, 3.63) is 26.6 Å². The van der Waals surface area contributed by atoms with Crippen LogP contribution < -0.4 is 10.6 Å². The van der Waals surface area contributed by atoms with E-state index in [0.29, 0.717) is 14.9 Å². The third-order valence-electron chi connectivity index (χ3n) is 2.73. The molecule has 0 bridgehead atoms. The Bertz CT molecular complexity index is 547. The summed E-state index contributed by atoms with van der Waals surface area (Å²) >= 11 is 6.49. The van der Waals surface area contributed by atoms with Gasteiger partial charge < -0.3 is 15.7 Å². The molecule has 0 spiro atoms. The molecule has 0 radical (unpaired) electrons. The number of rotatable bonds is 5. The van der Waals surface area contributed by atoms with Gasteiger partial charge in [-0.1, -0.05) is 29.8 Å². The highest BCUT2D eigenvalue weighted by Crippen LogP contribution is 2.30.